The van der Waals surface area contributed by atoms with Crippen LogP contribution < -0.4 is 11.1 Å². The van der Waals surface area contributed by atoms with E-state index in [2.05, 4.69) is 46.0 Å². The lowest BCUT2D eigenvalue weighted by Gasteiger charge is -2.06. The zero-order chi connectivity index (χ0) is 24.6. The molecule has 3 rings (SSSR count). The van der Waals surface area contributed by atoms with E-state index in [-0.39, 0.29) is 13.2 Å². The Labute approximate surface area is 210 Å². The van der Waals surface area contributed by atoms with E-state index in [1.54, 1.807) is 24.7 Å². The summed E-state index contributed by atoms with van der Waals surface area (Å²) >= 11 is 0. The van der Waals surface area contributed by atoms with Crippen LogP contribution in [-0.4, -0.2) is 33.8 Å². The number of hydrogen-bond acceptors (Lipinski definition) is 5. The van der Waals surface area contributed by atoms with Crippen molar-refractivity contribution in [3.8, 4) is 0 Å². The fourth-order valence-corrected chi connectivity index (χ4v) is 3.38. The molecule has 0 aromatic carbocycles. The van der Waals surface area contributed by atoms with Crippen LogP contribution in [0.5, 0.6) is 0 Å². The first-order valence-corrected chi connectivity index (χ1v) is 12.0. The van der Waals surface area contributed by atoms with Crippen LogP contribution >= 0.6 is 0 Å². The van der Waals surface area contributed by atoms with Crippen LogP contribution in [0.4, 0.5) is 10.1 Å². The van der Waals surface area contributed by atoms with Crippen LogP contribution in [0.15, 0.2) is 66.2 Å². The number of hydrogen-bond donors (Lipinski definition) is 3. The van der Waals surface area contributed by atoms with Gasteiger partial charge >= 0.3 is 0 Å². The molecule has 0 bridgehead atoms. The molecule has 0 amide bonds. The van der Waals surface area contributed by atoms with Gasteiger partial charge < -0.3 is 16.0 Å². The Morgan fingerprint density at radius 2 is 1.91 bits per heavy atom. The van der Waals surface area contributed by atoms with Crippen molar-refractivity contribution in [3.05, 3.63) is 84.0 Å². The maximum atomic E-state index is 13.7. The molecule has 0 unspecified atom stereocenters. The molecule has 0 fully saturated rings. The number of nitrogens with one attached hydrogen (secondary N) is 2. The fourth-order valence-electron chi connectivity index (χ4n) is 3.38. The molecular weight excluding hydrogens is 439 g/mol. The van der Waals surface area contributed by atoms with Gasteiger partial charge in [0, 0.05) is 31.2 Å². The molecular formula is C28H41FN6. The molecule has 0 aliphatic rings. The van der Waals surface area contributed by atoms with E-state index in [1.165, 1.54) is 37.4 Å². The first-order chi connectivity index (χ1) is 16.6. The smallest absolute Gasteiger partial charge is 0.164 e. The van der Waals surface area contributed by atoms with Crippen molar-refractivity contribution < 1.29 is 4.39 Å². The number of aryl methyl sites for hydroxylation is 1. The zero-order valence-corrected chi connectivity index (χ0v) is 20.5. The first-order valence-electron chi connectivity index (χ1n) is 12.0. The normalized spacial score (nSPS) is 11.2. The van der Waals surface area contributed by atoms with E-state index in [1.807, 2.05) is 36.5 Å². The minimum atomic E-state index is -0.386. The average Bonchev–Trinajstić information content (AvgIpc) is 3.31. The summed E-state index contributed by atoms with van der Waals surface area (Å²) < 4.78 is 13.7. The SMILES string of the molecule is C.CCCC(N)CCC.CCc1cc[nH]c1C=N/C(=C\CNc1ccncc1F)c1ccccn1. The van der Waals surface area contributed by atoms with Gasteiger partial charge in [0.1, 0.15) is 0 Å². The van der Waals surface area contributed by atoms with E-state index in [9.17, 15) is 4.39 Å². The zero-order valence-electron chi connectivity index (χ0n) is 20.5. The molecule has 35 heavy (non-hydrogen) atoms. The van der Waals surface area contributed by atoms with Gasteiger partial charge in [0.2, 0.25) is 0 Å². The monoisotopic (exact) mass is 480 g/mol. The molecule has 0 saturated carbocycles. The van der Waals surface area contributed by atoms with Gasteiger partial charge in [-0.2, -0.15) is 0 Å². The number of halogens is 1. The summed E-state index contributed by atoms with van der Waals surface area (Å²) in [6, 6.07) is 9.76. The molecule has 0 saturated heterocycles. The lowest BCUT2D eigenvalue weighted by molar-refractivity contribution is 0.554. The molecule has 3 heterocycles. The number of aliphatic imine (C=N–C) groups is 1. The van der Waals surface area contributed by atoms with Gasteiger partial charge in [-0.15, -0.1) is 0 Å². The Bertz CT molecular complexity index is 1010. The van der Waals surface area contributed by atoms with Crippen LogP contribution in [-0.2, 0) is 6.42 Å². The first kappa shape index (κ1) is 29.7. The highest BCUT2D eigenvalue weighted by molar-refractivity contribution is 5.84. The van der Waals surface area contributed by atoms with Crippen LogP contribution in [0.25, 0.3) is 5.70 Å². The lowest BCUT2D eigenvalue weighted by Crippen LogP contribution is -2.18. The van der Waals surface area contributed by atoms with Crippen molar-refractivity contribution in [1.29, 1.82) is 0 Å². The van der Waals surface area contributed by atoms with Crippen LogP contribution in [0, 0.1) is 5.82 Å². The molecule has 0 radical (unpaired) electrons. The molecule has 190 valence electrons. The summed E-state index contributed by atoms with van der Waals surface area (Å²) in [5.74, 6) is -0.386. The molecule has 7 heteroatoms. The van der Waals surface area contributed by atoms with Gasteiger partial charge in [-0.3, -0.25) is 15.0 Å². The molecule has 3 aromatic rings. The van der Waals surface area contributed by atoms with E-state index in [0.29, 0.717) is 24.0 Å². The minimum absolute atomic E-state index is 0. The molecule has 6 nitrogen and oxygen atoms in total. The number of aromatic nitrogens is 3. The number of rotatable bonds is 11. The van der Waals surface area contributed by atoms with Crippen molar-refractivity contribution in [2.75, 3.05) is 11.9 Å². The van der Waals surface area contributed by atoms with Gasteiger partial charge in [0.15, 0.2) is 5.82 Å². The molecule has 0 aliphatic carbocycles. The average molecular weight is 481 g/mol. The second-order valence-electron chi connectivity index (χ2n) is 7.91. The standard InChI is InChI=1S/C20H20FN5.C7H17N.CH4/c1-2-15-6-11-25-20(15)14-26-19(18-5-3-4-9-23-18)8-12-24-17-7-10-22-13-16(17)21;1-3-5-7(8)6-4-2;/h3-11,13-14,25H,2,12H2,1H3,(H,22,24);7H,3-6,8H2,1-2H3;1H4/b19-8-,26-14?;;. The van der Waals surface area contributed by atoms with Gasteiger partial charge in [-0.25, -0.2) is 4.39 Å². The van der Waals surface area contributed by atoms with Crippen molar-refractivity contribution in [2.45, 2.75) is 66.3 Å². The maximum Gasteiger partial charge on any atom is 0.164 e. The van der Waals surface area contributed by atoms with E-state index >= 15 is 0 Å². The molecule has 0 spiro atoms. The van der Waals surface area contributed by atoms with Gasteiger partial charge in [-0.05, 0) is 55.2 Å². The predicted octanol–water partition coefficient (Wildman–Crippen LogP) is 6.63. The highest BCUT2D eigenvalue weighted by atomic mass is 19.1. The summed E-state index contributed by atoms with van der Waals surface area (Å²) in [4.78, 5) is 15.9. The summed E-state index contributed by atoms with van der Waals surface area (Å²) in [6.07, 6.45) is 15.8. The summed E-state index contributed by atoms with van der Waals surface area (Å²) in [7, 11) is 0. The summed E-state index contributed by atoms with van der Waals surface area (Å²) in [5, 5.41) is 3.03. The van der Waals surface area contributed by atoms with Crippen molar-refractivity contribution in [3.63, 3.8) is 0 Å². The Hall–Kier alpha value is -3.32. The second kappa shape index (κ2) is 17.2. The molecule has 3 aromatic heterocycles. The Morgan fingerprint density at radius 1 is 1.14 bits per heavy atom. The maximum absolute atomic E-state index is 13.7. The molecule has 0 aliphatic heterocycles. The van der Waals surface area contributed by atoms with Crippen molar-refractivity contribution in [2.24, 2.45) is 10.7 Å². The molecule has 0 atom stereocenters. The summed E-state index contributed by atoms with van der Waals surface area (Å²) in [6.45, 7) is 6.86. The third-order valence-electron chi connectivity index (χ3n) is 5.19. The van der Waals surface area contributed by atoms with Gasteiger partial charge in [0.05, 0.1) is 35.2 Å². The van der Waals surface area contributed by atoms with Crippen LogP contribution in [0.3, 0.4) is 0 Å². The van der Waals surface area contributed by atoms with E-state index in [4.69, 9.17) is 5.73 Å². The Morgan fingerprint density at radius 3 is 2.54 bits per heavy atom. The topological polar surface area (TPSA) is 92.0 Å². The van der Waals surface area contributed by atoms with Crippen LogP contribution in [0.1, 0.15) is 70.8 Å². The largest absolute Gasteiger partial charge is 0.379 e. The second-order valence-corrected chi connectivity index (χ2v) is 7.91. The summed E-state index contributed by atoms with van der Waals surface area (Å²) in [5.41, 5.74) is 9.74. The predicted molar refractivity (Wildman–Crippen MR) is 147 cm³/mol. The lowest BCUT2D eigenvalue weighted by atomic mass is 10.1. The highest BCUT2D eigenvalue weighted by Gasteiger charge is 2.04. The Balaban J connectivity index is 0.000000590. The third-order valence-corrected chi connectivity index (χ3v) is 5.19. The van der Waals surface area contributed by atoms with E-state index in [0.717, 1.165) is 17.8 Å². The number of anilines is 1. The Kier molecular flexibility index (Phi) is 14.6. The fraction of sp³-hybridized carbons (Fsp3) is 0.393. The quantitative estimate of drug-likeness (QED) is 0.269. The van der Waals surface area contributed by atoms with E-state index < -0.39 is 0 Å². The van der Waals surface area contributed by atoms with Gasteiger partial charge in [-0.1, -0.05) is 47.1 Å². The number of nitrogens with zero attached hydrogens (tertiary/aromatic N) is 3. The third kappa shape index (κ3) is 10.6. The number of nitrogens with two attached hydrogens (primary N) is 1. The minimum Gasteiger partial charge on any atom is -0.379 e. The number of H-pyrrole nitrogens is 1. The van der Waals surface area contributed by atoms with Crippen molar-refractivity contribution in [1.82, 2.24) is 15.0 Å². The van der Waals surface area contributed by atoms with Crippen LogP contribution in [0.2, 0.25) is 0 Å². The highest BCUT2D eigenvalue weighted by Crippen LogP contribution is 2.15. The van der Waals surface area contributed by atoms with Crippen molar-refractivity contribution >= 4 is 17.6 Å². The number of pyridine rings is 2. The number of aromatic amines is 1. The van der Waals surface area contributed by atoms with Gasteiger partial charge in [0.25, 0.3) is 0 Å². The molecule has 4 N–H and O–H groups in total.